The molecular formula is C27H41N5O6. The lowest BCUT2D eigenvalue weighted by Gasteiger charge is -2.28. The van der Waals surface area contributed by atoms with E-state index in [-0.39, 0.29) is 18.3 Å². The summed E-state index contributed by atoms with van der Waals surface area (Å²) >= 11 is 0. The molecule has 8 N–H and O–H groups in total. The molecule has 11 nitrogen and oxygen atoms in total. The summed E-state index contributed by atoms with van der Waals surface area (Å²) in [7, 11) is 0. The molecule has 210 valence electrons. The number of rotatable bonds is 14. The summed E-state index contributed by atoms with van der Waals surface area (Å²) in [4.78, 5) is 54.2. The summed E-state index contributed by atoms with van der Waals surface area (Å²) in [5, 5.41) is 28.4. The van der Waals surface area contributed by atoms with E-state index in [1.165, 1.54) is 6.92 Å². The van der Waals surface area contributed by atoms with Crippen LogP contribution >= 0.6 is 0 Å². The Kier molecular flexibility index (Phi) is 11.3. The largest absolute Gasteiger partial charge is 0.480 e. The lowest BCUT2D eigenvalue weighted by molar-refractivity contribution is -0.144. The van der Waals surface area contributed by atoms with Crippen LogP contribution < -0.4 is 21.7 Å². The number of fused-ring (bicyclic) bond motifs is 1. The maximum Gasteiger partial charge on any atom is 0.326 e. The van der Waals surface area contributed by atoms with E-state index in [0.717, 1.165) is 16.5 Å². The number of carboxylic acid groups (broad SMARTS) is 1. The fourth-order valence-electron chi connectivity index (χ4n) is 4.10. The smallest absolute Gasteiger partial charge is 0.326 e. The Hall–Kier alpha value is -3.44. The Bertz CT molecular complexity index is 1120. The molecule has 7 unspecified atom stereocenters. The molecule has 1 aromatic heterocycles. The highest BCUT2D eigenvalue weighted by Gasteiger charge is 2.34. The van der Waals surface area contributed by atoms with Crippen LogP contribution in [0.5, 0.6) is 0 Å². The molecule has 0 bridgehead atoms. The fourth-order valence-corrected chi connectivity index (χ4v) is 4.10. The van der Waals surface area contributed by atoms with Crippen molar-refractivity contribution in [2.24, 2.45) is 17.6 Å². The number of H-pyrrole nitrogens is 1. The standard InChI is InChI=1S/C27H41N5O6/c1-6-14(3)21(28)25(35)32-23(16(5)33)26(36)30-20(24(34)31-22(27(37)38)15(4)7-2)12-17-13-29-19-11-9-8-10-18(17)19/h8-11,13-16,20-23,29,33H,6-7,12,28H2,1-5H3,(H,30,36)(H,31,34)(H,32,35)(H,37,38). The molecule has 1 heterocycles. The maximum atomic E-state index is 13.4. The summed E-state index contributed by atoms with van der Waals surface area (Å²) in [6.45, 7) is 8.56. The summed E-state index contributed by atoms with van der Waals surface area (Å²) in [5.74, 6) is -3.77. The van der Waals surface area contributed by atoms with E-state index in [9.17, 15) is 29.4 Å². The van der Waals surface area contributed by atoms with Gasteiger partial charge in [0.25, 0.3) is 0 Å². The van der Waals surface area contributed by atoms with Crippen LogP contribution in [0.25, 0.3) is 10.9 Å². The van der Waals surface area contributed by atoms with E-state index in [1.807, 2.05) is 38.1 Å². The fraction of sp³-hybridized carbons (Fsp3) is 0.556. The van der Waals surface area contributed by atoms with E-state index in [1.54, 1.807) is 20.0 Å². The van der Waals surface area contributed by atoms with Crippen molar-refractivity contribution < 1.29 is 29.4 Å². The predicted molar refractivity (Wildman–Crippen MR) is 144 cm³/mol. The average Bonchev–Trinajstić information content (AvgIpc) is 3.30. The molecule has 7 atom stereocenters. The SMILES string of the molecule is CCC(C)C(N)C(=O)NC(C(=O)NC(Cc1c[nH]c2ccccc12)C(=O)NC(C(=O)O)C(C)CC)C(C)O. The molecule has 0 aliphatic carbocycles. The number of aliphatic carboxylic acids is 1. The number of hydrogen-bond acceptors (Lipinski definition) is 6. The molecule has 0 radical (unpaired) electrons. The van der Waals surface area contributed by atoms with Gasteiger partial charge in [-0.1, -0.05) is 58.7 Å². The van der Waals surface area contributed by atoms with Crippen LogP contribution in [-0.4, -0.2) is 69.2 Å². The minimum atomic E-state index is -1.37. The number of carbonyl (C=O) groups is 4. The average molecular weight is 532 g/mol. The third kappa shape index (κ3) is 7.78. The lowest BCUT2D eigenvalue weighted by Crippen LogP contribution is -2.61. The number of aromatic nitrogens is 1. The van der Waals surface area contributed by atoms with E-state index in [4.69, 9.17) is 5.73 Å². The van der Waals surface area contributed by atoms with Gasteiger partial charge in [-0.3, -0.25) is 14.4 Å². The van der Waals surface area contributed by atoms with Gasteiger partial charge in [0, 0.05) is 23.5 Å². The van der Waals surface area contributed by atoms with Crippen LogP contribution in [0, 0.1) is 11.8 Å². The summed E-state index contributed by atoms with van der Waals surface area (Å²) in [6, 6.07) is 2.84. The summed E-state index contributed by atoms with van der Waals surface area (Å²) in [5.41, 5.74) is 7.56. The Labute approximate surface area is 222 Å². The van der Waals surface area contributed by atoms with Crippen molar-refractivity contribution in [2.45, 2.75) is 84.2 Å². The molecule has 0 aliphatic heterocycles. The van der Waals surface area contributed by atoms with E-state index >= 15 is 0 Å². The Morgan fingerprint density at radius 3 is 2.08 bits per heavy atom. The number of carboxylic acids is 1. The van der Waals surface area contributed by atoms with Crippen LogP contribution in [0.1, 0.15) is 53.0 Å². The van der Waals surface area contributed by atoms with Gasteiger partial charge in [0.15, 0.2) is 0 Å². The maximum absolute atomic E-state index is 13.4. The second kappa shape index (κ2) is 13.9. The first-order valence-corrected chi connectivity index (χ1v) is 13.0. The molecule has 2 aromatic rings. The lowest BCUT2D eigenvalue weighted by atomic mass is 9.97. The van der Waals surface area contributed by atoms with E-state index in [2.05, 4.69) is 20.9 Å². The molecule has 0 aliphatic rings. The van der Waals surface area contributed by atoms with Crippen molar-refractivity contribution in [3.8, 4) is 0 Å². The highest BCUT2D eigenvalue weighted by Crippen LogP contribution is 2.20. The number of nitrogens with one attached hydrogen (secondary N) is 4. The van der Waals surface area contributed by atoms with E-state index in [0.29, 0.717) is 12.8 Å². The first-order chi connectivity index (χ1) is 17.9. The molecule has 0 fully saturated rings. The number of nitrogens with two attached hydrogens (primary N) is 1. The van der Waals surface area contributed by atoms with Gasteiger partial charge in [-0.05, 0) is 30.4 Å². The molecule has 3 amide bonds. The van der Waals surface area contributed by atoms with E-state index < -0.39 is 54.0 Å². The van der Waals surface area contributed by atoms with Gasteiger partial charge in [-0.25, -0.2) is 4.79 Å². The van der Waals surface area contributed by atoms with Crippen LogP contribution in [0.4, 0.5) is 0 Å². The molecule has 11 heteroatoms. The minimum Gasteiger partial charge on any atom is -0.480 e. The second-order valence-electron chi connectivity index (χ2n) is 9.97. The van der Waals surface area contributed by atoms with Gasteiger partial charge in [-0.2, -0.15) is 0 Å². The van der Waals surface area contributed by atoms with Crippen molar-refractivity contribution in [3.63, 3.8) is 0 Å². The molecule has 0 spiro atoms. The zero-order valence-electron chi connectivity index (χ0n) is 22.7. The highest BCUT2D eigenvalue weighted by atomic mass is 16.4. The Morgan fingerprint density at radius 1 is 0.895 bits per heavy atom. The van der Waals surface area contributed by atoms with Crippen molar-refractivity contribution >= 4 is 34.6 Å². The topological polar surface area (TPSA) is 187 Å². The number of benzene rings is 1. The van der Waals surface area contributed by atoms with Crippen LogP contribution in [0.15, 0.2) is 30.5 Å². The van der Waals surface area contributed by atoms with Gasteiger partial charge in [-0.15, -0.1) is 0 Å². The first-order valence-electron chi connectivity index (χ1n) is 13.0. The normalized spacial score (nSPS) is 16.9. The van der Waals surface area contributed by atoms with Crippen molar-refractivity contribution in [1.29, 1.82) is 0 Å². The summed E-state index contributed by atoms with van der Waals surface area (Å²) in [6.07, 6.45) is 1.64. The van der Waals surface area contributed by atoms with Crippen LogP contribution in [0.2, 0.25) is 0 Å². The van der Waals surface area contributed by atoms with Crippen molar-refractivity contribution in [3.05, 3.63) is 36.0 Å². The number of aliphatic hydroxyl groups is 1. The van der Waals surface area contributed by atoms with Gasteiger partial charge in [0.2, 0.25) is 17.7 Å². The number of aromatic amines is 1. The number of para-hydroxylation sites is 1. The first kappa shape index (κ1) is 30.8. The molecule has 38 heavy (non-hydrogen) atoms. The molecule has 0 saturated heterocycles. The zero-order chi connectivity index (χ0) is 28.6. The molecule has 1 aromatic carbocycles. The van der Waals surface area contributed by atoms with Gasteiger partial charge < -0.3 is 36.9 Å². The van der Waals surface area contributed by atoms with Gasteiger partial charge >= 0.3 is 5.97 Å². The molecule has 2 rings (SSSR count). The zero-order valence-corrected chi connectivity index (χ0v) is 22.7. The third-order valence-corrected chi connectivity index (χ3v) is 7.13. The number of carbonyl (C=O) groups excluding carboxylic acids is 3. The van der Waals surface area contributed by atoms with Crippen LogP contribution in [-0.2, 0) is 25.6 Å². The monoisotopic (exact) mass is 531 g/mol. The minimum absolute atomic E-state index is 0.0429. The van der Waals surface area contributed by atoms with Crippen molar-refractivity contribution in [2.75, 3.05) is 0 Å². The Morgan fingerprint density at radius 2 is 1.50 bits per heavy atom. The Balaban J connectivity index is 2.33. The second-order valence-corrected chi connectivity index (χ2v) is 9.97. The number of aliphatic hydroxyl groups excluding tert-OH is 1. The highest BCUT2D eigenvalue weighted by molar-refractivity contribution is 5.95. The van der Waals surface area contributed by atoms with Crippen molar-refractivity contribution in [1.82, 2.24) is 20.9 Å². The number of amides is 3. The predicted octanol–water partition coefficient (Wildman–Crippen LogP) is 1.05. The summed E-state index contributed by atoms with van der Waals surface area (Å²) < 4.78 is 0. The van der Waals surface area contributed by atoms with Gasteiger partial charge in [0.05, 0.1) is 12.1 Å². The third-order valence-electron chi connectivity index (χ3n) is 7.13. The van der Waals surface area contributed by atoms with Crippen LogP contribution in [0.3, 0.4) is 0 Å². The number of hydrogen-bond donors (Lipinski definition) is 7. The van der Waals surface area contributed by atoms with Gasteiger partial charge in [0.1, 0.15) is 18.1 Å². The molecule has 0 saturated carbocycles. The molecular weight excluding hydrogens is 490 g/mol. The quantitative estimate of drug-likeness (QED) is 0.190.